The number of carbonyl (C=O) groups is 1. The lowest BCUT2D eigenvalue weighted by Crippen LogP contribution is -2.32. The maximum atomic E-state index is 11.9. The van der Waals surface area contributed by atoms with Crippen molar-refractivity contribution in [1.82, 2.24) is 4.90 Å². The van der Waals surface area contributed by atoms with Gasteiger partial charge in [-0.1, -0.05) is 13.0 Å². The van der Waals surface area contributed by atoms with E-state index in [0.717, 1.165) is 12.0 Å². The zero-order valence-corrected chi connectivity index (χ0v) is 11.7. The molecule has 1 aromatic carbocycles. The Morgan fingerprint density at radius 1 is 1.53 bits per heavy atom. The van der Waals surface area contributed by atoms with E-state index in [4.69, 9.17) is 10.5 Å². The fraction of sp³-hybridized carbons (Fsp3) is 0.500. The van der Waals surface area contributed by atoms with Crippen LogP contribution >= 0.6 is 0 Å². The fourth-order valence-corrected chi connectivity index (χ4v) is 1.71. The zero-order valence-electron chi connectivity index (χ0n) is 11.7. The molecule has 0 heterocycles. The summed E-state index contributed by atoms with van der Waals surface area (Å²) in [5.41, 5.74) is 6.67. The maximum absolute atomic E-state index is 11.9. The van der Waals surface area contributed by atoms with Crippen molar-refractivity contribution in [2.75, 3.05) is 14.2 Å². The Labute approximate surface area is 114 Å². The van der Waals surface area contributed by atoms with E-state index in [9.17, 15) is 9.90 Å². The van der Waals surface area contributed by atoms with E-state index >= 15 is 0 Å². The molecule has 0 aliphatic heterocycles. The van der Waals surface area contributed by atoms with Crippen LogP contribution in [0.25, 0.3) is 0 Å². The molecular weight excluding hydrogens is 244 g/mol. The van der Waals surface area contributed by atoms with Crippen molar-refractivity contribution in [3.63, 3.8) is 0 Å². The highest BCUT2D eigenvalue weighted by Crippen LogP contribution is 2.26. The molecule has 0 fully saturated rings. The van der Waals surface area contributed by atoms with Crippen molar-refractivity contribution in [2.45, 2.75) is 32.4 Å². The first-order valence-corrected chi connectivity index (χ1v) is 6.33. The minimum absolute atomic E-state index is 0.0152. The van der Waals surface area contributed by atoms with E-state index in [2.05, 4.69) is 0 Å². The van der Waals surface area contributed by atoms with Gasteiger partial charge in [0.05, 0.1) is 7.11 Å². The van der Waals surface area contributed by atoms with Crippen molar-refractivity contribution in [3.8, 4) is 11.5 Å². The Kier molecular flexibility index (Phi) is 5.63. The van der Waals surface area contributed by atoms with Gasteiger partial charge in [-0.05, 0) is 24.1 Å². The molecule has 1 rings (SSSR count). The van der Waals surface area contributed by atoms with E-state index in [1.807, 2.05) is 6.92 Å². The van der Waals surface area contributed by atoms with Gasteiger partial charge in [0.25, 0.3) is 0 Å². The van der Waals surface area contributed by atoms with Gasteiger partial charge < -0.3 is 20.5 Å². The number of benzene rings is 1. The number of phenols is 1. The predicted molar refractivity (Wildman–Crippen MR) is 74.0 cm³/mol. The van der Waals surface area contributed by atoms with Gasteiger partial charge in [0, 0.05) is 26.1 Å². The Morgan fingerprint density at radius 2 is 2.21 bits per heavy atom. The third-order valence-electron chi connectivity index (χ3n) is 3.05. The van der Waals surface area contributed by atoms with Gasteiger partial charge in [0.1, 0.15) is 0 Å². The smallest absolute Gasteiger partial charge is 0.224 e. The van der Waals surface area contributed by atoms with Crippen LogP contribution in [-0.4, -0.2) is 36.1 Å². The first kappa shape index (κ1) is 15.3. The molecule has 106 valence electrons. The molecule has 1 unspecified atom stereocenters. The van der Waals surface area contributed by atoms with Crippen LogP contribution in [0.4, 0.5) is 0 Å². The summed E-state index contributed by atoms with van der Waals surface area (Å²) in [5.74, 6) is 0.512. The van der Waals surface area contributed by atoms with Gasteiger partial charge in [-0.25, -0.2) is 0 Å². The van der Waals surface area contributed by atoms with Gasteiger partial charge in [0.2, 0.25) is 5.91 Å². The topological polar surface area (TPSA) is 75.8 Å². The molecule has 19 heavy (non-hydrogen) atoms. The minimum atomic E-state index is -0.0932. The summed E-state index contributed by atoms with van der Waals surface area (Å²) < 4.78 is 5.04. The Morgan fingerprint density at radius 3 is 2.79 bits per heavy atom. The van der Waals surface area contributed by atoms with Crippen molar-refractivity contribution in [2.24, 2.45) is 5.73 Å². The number of nitrogens with two attached hydrogens (primary N) is 1. The quantitative estimate of drug-likeness (QED) is 0.818. The number of carbonyl (C=O) groups excluding carboxylic acids is 1. The maximum Gasteiger partial charge on any atom is 0.224 e. The SMILES string of the molecule is CCC(N)CC(=O)N(C)Cc1ccc(O)c(OC)c1. The van der Waals surface area contributed by atoms with E-state index in [1.165, 1.54) is 7.11 Å². The number of rotatable bonds is 6. The van der Waals surface area contributed by atoms with Crippen LogP contribution in [0, 0.1) is 0 Å². The van der Waals surface area contributed by atoms with Crippen LogP contribution in [0.5, 0.6) is 11.5 Å². The molecule has 5 heteroatoms. The molecule has 0 aromatic heterocycles. The van der Waals surface area contributed by atoms with Gasteiger partial charge in [-0.3, -0.25) is 4.79 Å². The Hall–Kier alpha value is -1.75. The normalized spacial score (nSPS) is 12.0. The molecule has 5 nitrogen and oxygen atoms in total. The second-order valence-corrected chi connectivity index (χ2v) is 4.63. The average Bonchev–Trinajstić information content (AvgIpc) is 2.40. The van der Waals surface area contributed by atoms with Gasteiger partial charge >= 0.3 is 0 Å². The monoisotopic (exact) mass is 266 g/mol. The van der Waals surface area contributed by atoms with Crippen LogP contribution in [-0.2, 0) is 11.3 Å². The highest BCUT2D eigenvalue weighted by Gasteiger charge is 2.13. The Balaban J connectivity index is 2.66. The third-order valence-corrected chi connectivity index (χ3v) is 3.05. The molecule has 0 spiro atoms. The summed E-state index contributed by atoms with van der Waals surface area (Å²) in [7, 11) is 3.23. The molecule has 1 aromatic rings. The number of hydrogen-bond acceptors (Lipinski definition) is 4. The number of phenolic OH excluding ortho intramolecular Hbond substituents is 1. The van der Waals surface area contributed by atoms with E-state index in [-0.39, 0.29) is 17.7 Å². The molecule has 3 N–H and O–H groups in total. The molecule has 1 amide bonds. The highest BCUT2D eigenvalue weighted by atomic mass is 16.5. The van der Waals surface area contributed by atoms with Gasteiger partial charge in [-0.2, -0.15) is 0 Å². The number of ether oxygens (including phenoxy) is 1. The van der Waals surface area contributed by atoms with Crippen LogP contribution in [0.15, 0.2) is 18.2 Å². The summed E-state index contributed by atoms with van der Waals surface area (Å²) in [6, 6.07) is 4.95. The van der Waals surface area contributed by atoms with Gasteiger partial charge in [-0.15, -0.1) is 0 Å². The molecular formula is C14H22N2O3. The minimum Gasteiger partial charge on any atom is -0.504 e. The van der Waals surface area contributed by atoms with Crippen LogP contribution < -0.4 is 10.5 Å². The van der Waals surface area contributed by atoms with Crippen LogP contribution in [0.3, 0.4) is 0 Å². The first-order valence-electron chi connectivity index (χ1n) is 6.33. The molecule has 0 saturated carbocycles. The molecule has 1 atom stereocenters. The van der Waals surface area contributed by atoms with E-state index in [0.29, 0.717) is 18.7 Å². The molecule has 0 aliphatic carbocycles. The highest BCUT2D eigenvalue weighted by molar-refractivity contribution is 5.76. The molecule has 0 saturated heterocycles. The van der Waals surface area contributed by atoms with Crippen molar-refractivity contribution in [1.29, 1.82) is 0 Å². The fourth-order valence-electron chi connectivity index (χ4n) is 1.71. The number of hydrogen-bond donors (Lipinski definition) is 2. The van der Waals surface area contributed by atoms with Crippen molar-refractivity contribution in [3.05, 3.63) is 23.8 Å². The number of aromatic hydroxyl groups is 1. The second-order valence-electron chi connectivity index (χ2n) is 4.63. The molecule has 0 bridgehead atoms. The lowest BCUT2D eigenvalue weighted by Gasteiger charge is -2.19. The first-order chi connectivity index (χ1) is 8.97. The number of nitrogens with zero attached hydrogens (tertiary/aromatic N) is 1. The summed E-state index contributed by atoms with van der Waals surface area (Å²) in [6.07, 6.45) is 1.13. The van der Waals surface area contributed by atoms with E-state index < -0.39 is 0 Å². The predicted octanol–water partition coefficient (Wildman–Crippen LogP) is 1.49. The van der Waals surface area contributed by atoms with Crippen LogP contribution in [0.2, 0.25) is 0 Å². The second kappa shape index (κ2) is 6.99. The van der Waals surface area contributed by atoms with Gasteiger partial charge in [0.15, 0.2) is 11.5 Å². The number of methoxy groups -OCH3 is 1. The van der Waals surface area contributed by atoms with Crippen LogP contribution in [0.1, 0.15) is 25.3 Å². The Bertz CT molecular complexity index is 435. The lowest BCUT2D eigenvalue weighted by atomic mass is 10.1. The molecule has 0 radical (unpaired) electrons. The third kappa shape index (κ3) is 4.44. The van der Waals surface area contributed by atoms with Crippen molar-refractivity contribution < 1.29 is 14.6 Å². The van der Waals surface area contributed by atoms with Crippen molar-refractivity contribution >= 4 is 5.91 Å². The standard InChI is InChI=1S/C14H22N2O3/c1-4-11(15)8-14(18)16(2)9-10-5-6-12(17)13(7-10)19-3/h5-7,11,17H,4,8-9,15H2,1-3H3. The summed E-state index contributed by atoms with van der Waals surface area (Å²) in [5, 5.41) is 9.51. The summed E-state index contributed by atoms with van der Waals surface area (Å²) >= 11 is 0. The largest absolute Gasteiger partial charge is 0.504 e. The summed E-state index contributed by atoms with van der Waals surface area (Å²) in [4.78, 5) is 13.5. The number of amides is 1. The zero-order chi connectivity index (χ0) is 14.4. The summed E-state index contributed by atoms with van der Waals surface area (Å²) in [6.45, 7) is 2.43. The van der Waals surface area contributed by atoms with E-state index in [1.54, 1.807) is 30.1 Å². The average molecular weight is 266 g/mol. The lowest BCUT2D eigenvalue weighted by molar-refractivity contribution is -0.130. The molecule has 0 aliphatic rings.